The predicted octanol–water partition coefficient (Wildman–Crippen LogP) is 7.22. The molecule has 0 bridgehead atoms. The summed E-state index contributed by atoms with van der Waals surface area (Å²) in [4.78, 5) is 15.2. The molecule has 4 rings (SSSR count). The van der Waals surface area contributed by atoms with Crippen LogP contribution in [0.2, 0.25) is 5.02 Å². The molecule has 0 unspecified atom stereocenters. The molecule has 4 aromatic rings. The van der Waals surface area contributed by atoms with Gasteiger partial charge in [0.25, 0.3) is 0 Å². The van der Waals surface area contributed by atoms with E-state index in [1.807, 2.05) is 66.7 Å². The Hall–Kier alpha value is -4.36. The molecule has 0 heterocycles. The van der Waals surface area contributed by atoms with Gasteiger partial charge in [-0.15, -0.1) is 0 Å². The third kappa shape index (κ3) is 7.83. The Labute approximate surface area is 240 Å². The highest BCUT2D eigenvalue weighted by Crippen LogP contribution is 2.30. The van der Waals surface area contributed by atoms with Crippen LogP contribution < -0.4 is 24.3 Å². The van der Waals surface area contributed by atoms with Crippen molar-refractivity contribution in [2.75, 3.05) is 33.2 Å². The molecule has 40 heavy (non-hydrogen) atoms. The lowest BCUT2D eigenvalue weighted by Gasteiger charge is -2.24. The van der Waals surface area contributed by atoms with Crippen LogP contribution in [0.1, 0.15) is 16.7 Å². The molecule has 0 aliphatic rings. The molecule has 0 atom stereocenters. The number of carbonyl (C=O) groups excluding carboxylic acids is 1. The van der Waals surface area contributed by atoms with E-state index in [4.69, 9.17) is 30.5 Å². The van der Waals surface area contributed by atoms with Crippen LogP contribution in [0.15, 0.2) is 91.0 Å². The number of rotatable bonds is 12. The van der Waals surface area contributed by atoms with Crippen molar-refractivity contribution < 1.29 is 23.7 Å². The van der Waals surface area contributed by atoms with Gasteiger partial charge in [0, 0.05) is 23.8 Å². The lowest BCUT2D eigenvalue weighted by atomic mass is 10.1. The number of methoxy groups -OCH3 is 3. The van der Waals surface area contributed by atoms with Gasteiger partial charge in [0.2, 0.25) is 0 Å². The summed E-state index contributed by atoms with van der Waals surface area (Å²) in [5, 5.41) is 3.51. The van der Waals surface area contributed by atoms with E-state index in [1.54, 1.807) is 50.5 Å². The summed E-state index contributed by atoms with van der Waals surface area (Å²) in [6.07, 6.45) is 0.610. The maximum Gasteiger partial charge on any atom is 0.322 e. The molecular weight excluding hydrogens is 528 g/mol. The van der Waals surface area contributed by atoms with Gasteiger partial charge in [-0.25, -0.2) is 4.79 Å². The van der Waals surface area contributed by atoms with Crippen LogP contribution >= 0.6 is 11.6 Å². The van der Waals surface area contributed by atoms with E-state index in [0.717, 1.165) is 16.7 Å². The Morgan fingerprint density at radius 3 is 2.12 bits per heavy atom. The fourth-order valence-corrected chi connectivity index (χ4v) is 4.40. The highest BCUT2D eigenvalue weighted by Gasteiger charge is 2.17. The molecule has 4 aromatic carbocycles. The summed E-state index contributed by atoms with van der Waals surface area (Å²) in [7, 11) is 4.81. The van der Waals surface area contributed by atoms with Gasteiger partial charge < -0.3 is 29.2 Å². The van der Waals surface area contributed by atoms with Crippen LogP contribution in [-0.2, 0) is 19.6 Å². The molecule has 0 aliphatic heterocycles. The second-order valence-corrected chi connectivity index (χ2v) is 9.50. The molecule has 0 aromatic heterocycles. The van der Waals surface area contributed by atoms with Gasteiger partial charge in [-0.1, -0.05) is 60.1 Å². The van der Waals surface area contributed by atoms with Crippen molar-refractivity contribution in [3.05, 3.63) is 113 Å². The van der Waals surface area contributed by atoms with E-state index in [9.17, 15) is 4.79 Å². The van der Waals surface area contributed by atoms with Crippen molar-refractivity contribution in [1.82, 2.24) is 4.90 Å². The lowest BCUT2D eigenvalue weighted by Crippen LogP contribution is -2.36. The minimum atomic E-state index is -0.244. The first-order valence-electron chi connectivity index (χ1n) is 12.8. The van der Waals surface area contributed by atoms with Gasteiger partial charge in [0.05, 0.1) is 21.3 Å². The average Bonchev–Trinajstić information content (AvgIpc) is 2.98. The van der Waals surface area contributed by atoms with E-state index < -0.39 is 0 Å². The number of halogens is 1. The zero-order chi connectivity index (χ0) is 28.3. The van der Waals surface area contributed by atoms with Crippen LogP contribution in [0.5, 0.6) is 23.0 Å². The quantitative estimate of drug-likeness (QED) is 0.198. The molecule has 1 N–H and O–H groups in total. The lowest BCUT2D eigenvalue weighted by molar-refractivity contribution is 0.209. The standard InChI is InChI=1S/C32H33ClN2O5/c1-37-28-14-12-23(18-30(28)38-2)16-17-35(32(36)34-27-11-7-10-26(33)20-27)21-25-13-15-29(31(19-25)39-3)40-22-24-8-5-4-6-9-24/h4-15,18-20H,16-17,21-22H2,1-3H3,(H,34,36). The van der Waals surface area contributed by atoms with E-state index in [-0.39, 0.29) is 6.03 Å². The van der Waals surface area contributed by atoms with Crippen molar-refractivity contribution in [3.8, 4) is 23.0 Å². The highest BCUT2D eigenvalue weighted by atomic mass is 35.5. The van der Waals surface area contributed by atoms with Crippen LogP contribution in [0.3, 0.4) is 0 Å². The van der Waals surface area contributed by atoms with Crippen molar-refractivity contribution >= 4 is 23.3 Å². The van der Waals surface area contributed by atoms with Crippen LogP contribution in [0.25, 0.3) is 0 Å². The van der Waals surface area contributed by atoms with Gasteiger partial charge in [-0.05, 0) is 65.6 Å². The van der Waals surface area contributed by atoms with Crippen molar-refractivity contribution in [2.24, 2.45) is 0 Å². The second kappa shape index (κ2) is 14.1. The van der Waals surface area contributed by atoms with Crippen molar-refractivity contribution in [1.29, 1.82) is 0 Å². The first kappa shape index (κ1) is 28.6. The molecule has 7 nitrogen and oxygen atoms in total. The predicted molar refractivity (Wildman–Crippen MR) is 158 cm³/mol. The fraction of sp³-hybridized carbons (Fsp3) is 0.219. The molecular formula is C32H33ClN2O5. The Morgan fingerprint density at radius 1 is 0.725 bits per heavy atom. The van der Waals surface area contributed by atoms with Crippen LogP contribution in [0, 0.1) is 0 Å². The molecule has 8 heteroatoms. The summed E-state index contributed by atoms with van der Waals surface area (Å²) in [6, 6.07) is 28.3. The van der Waals surface area contributed by atoms with E-state index in [0.29, 0.717) is 59.8 Å². The molecule has 0 fully saturated rings. The Balaban J connectivity index is 1.51. The SMILES string of the molecule is COc1ccc(CCN(Cc2ccc(OCc3ccccc3)c(OC)c2)C(=O)Nc2cccc(Cl)c2)cc1OC. The first-order valence-corrected chi connectivity index (χ1v) is 13.2. The number of benzene rings is 4. The van der Waals surface area contributed by atoms with Crippen LogP contribution in [-0.4, -0.2) is 38.8 Å². The minimum Gasteiger partial charge on any atom is -0.493 e. The maximum absolute atomic E-state index is 13.4. The monoisotopic (exact) mass is 560 g/mol. The number of hydrogen-bond acceptors (Lipinski definition) is 5. The summed E-state index contributed by atoms with van der Waals surface area (Å²) < 4.78 is 22.4. The Kier molecular flexibility index (Phi) is 10.1. The Morgan fingerprint density at radius 2 is 1.40 bits per heavy atom. The molecule has 208 valence electrons. The van der Waals surface area contributed by atoms with E-state index >= 15 is 0 Å². The number of carbonyl (C=O) groups is 1. The zero-order valence-corrected chi connectivity index (χ0v) is 23.6. The van der Waals surface area contributed by atoms with Crippen molar-refractivity contribution in [3.63, 3.8) is 0 Å². The largest absolute Gasteiger partial charge is 0.493 e. The number of amides is 2. The number of nitrogens with one attached hydrogen (secondary N) is 1. The van der Waals surface area contributed by atoms with Gasteiger partial charge >= 0.3 is 6.03 Å². The molecule has 0 spiro atoms. The maximum atomic E-state index is 13.4. The third-order valence-corrected chi connectivity index (χ3v) is 6.56. The molecule has 0 aliphatic carbocycles. The summed E-state index contributed by atoms with van der Waals surface area (Å²) in [5.41, 5.74) is 3.60. The number of urea groups is 1. The zero-order valence-electron chi connectivity index (χ0n) is 22.9. The van der Waals surface area contributed by atoms with Crippen molar-refractivity contribution in [2.45, 2.75) is 19.6 Å². The number of nitrogens with zero attached hydrogens (tertiary/aromatic N) is 1. The summed E-state index contributed by atoms with van der Waals surface area (Å²) >= 11 is 6.13. The smallest absolute Gasteiger partial charge is 0.322 e. The molecule has 2 amide bonds. The summed E-state index contributed by atoms with van der Waals surface area (Å²) in [5.74, 6) is 2.54. The normalized spacial score (nSPS) is 10.5. The average molecular weight is 561 g/mol. The van der Waals surface area contributed by atoms with Gasteiger partial charge in [-0.2, -0.15) is 0 Å². The van der Waals surface area contributed by atoms with Gasteiger partial charge in [0.1, 0.15) is 6.61 Å². The molecule has 0 saturated carbocycles. The molecule has 0 saturated heterocycles. The van der Waals surface area contributed by atoms with Crippen LogP contribution in [0.4, 0.5) is 10.5 Å². The second-order valence-electron chi connectivity index (χ2n) is 9.06. The highest BCUT2D eigenvalue weighted by molar-refractivity contribution is 6.30. The first-order chi connectivity index (χ1) is 19.5. The van der Waals surface area contributed by atoms with E-state index in [2.05, 4.69) is 5.32 Å². The van der Waals surface area contributed by atoms with Gasteiger partial charge in [-0.3, -0.25) is 0 Å². The Bertz CT molecular complexity index is 1410. The summed E-state index contributed by atoms with van der Waals surface area (Å²) in [6.45, 7) is 1.24. The topological polar surface area (TPSA) is 69.3 Å². The molecule has 0 radical (unpaired) electrons. The van der Waals surface area contributed by atoms with Gasteiger partial charge in [0.15, 0.2) is 23.0 Å². The fourth-order valence-electron chi connectivity index (χ4n) is 4.21. The number of ether oxygens (including phenoxy) is 4. The minimum absolute atomic E-state index is 0.244. The number of hydrogen-bond donors (Lipinski definition) is 1. The van der Waals surface area contributed by atoms with E-state index in [1.165, 1.54) is 0 Å². The third-order valence-electron chi connectivity index (χ3n) is 6.32. The number of anilines is 1.